The van der Waals surface area contributed by atoms with Gasteiger partial charge in [-0.15, -0.1) is 0 Å². The Morgan fingerprint density at radius 3 is 2.59 bits per heavy atom. The van der Waals surface area contributed by atoms with Crippen molar-refractivity contribution in [2.75, 3.05) is 45.6 Å². The van der Waals surface area contributed by atoms with Crippen molar-refractivity contribution in [2.24, 2.45) is 0 Å². The van der Waals surface area contributed by atoms with E-state index in [4.69, 9.17) is 4.42 Å². The Bertz CT molecular complexity index is 1380. The molecule has 39 heavy (non-hydrogen) atoms. The minimum atomic E-state index is -4.31. The van der Waals surface area contributed by atoms with Gasteiger partial charge in [0.2, 0.25) is 0 Å². The standard InChI is InChI=1S/C15H10N2O2.C14H20F3N3/c18-10-13-9-17-15(19-13)6-5-12-8-16-7-11-3-1-2-4-14(11)12;1-18-12-4-3-11(13(9-12)14(15,16)17)10-20-7-5-19(2)6-8-20/h1-4,8-10,16H,7H2;3-4,9,18H,5-8,10H2,1-2H3. The van der Waals surface area contributed by atoms with Crippen LogP contribution in [0.2, 0.25) is 0 Å². The summed E-state index contributed by atoms with van der Waals surface area (Å²) >= 11 is 0. The van der Waals surface area contributed by atoms with Gasteiger partial charge in [0.25, 0.3) is 5.89 Å². The number of hydrogen-bond donors (Lipinski definition) is 2. The van der Waals surface area contributed by atoms with E-state index < -0.39 is 11.7 Å². The van der Waals surface area contributed by atoms with Crippen LogP contribution >= 0.6 is 0 Å². The lowest BCUT2D eigenvalue weighted by molar-refractivity contribution is -0.138. The van der Waals surface area contributed by atoms with Crippen LogP contribution in [0.1, 0.15) is 38.7 Å². The van der Waals surface area contributed by atoms with Gasteiger partial charge in [-0.3, -0.25) is 9.69 Å². The smallest absolute Gasteiger partial charge is 0.416 e. The van der Waals surface area contributed by atoms with Crippen LogP contribution in [0.4, 0.5) is 18.9 Å². The lowest BCUT2D eigenvalue weighted by Crippen LogP contribution is -2.44. The second-order valence-corrected chi connectivity index (χ2v) is 9.23. The van der Waals surface area contributed by atoms with E-state index in [2.05, 4.69) is 43.3 Å². The van der Waals surface area contributed by atoms with Crippen LogP contribution in [0.3, 0.4) is 0 Å². The molecule has 7 nitrogen and oxygen atoms in total. The molecule has 2 aliphatic rings. The van der Waals surface area contributed by atoms with Crippen molar-refractivity contribution < 1.29 is 22.4 Å². The number of alkyl halides is 3. The number of anilines is 1. The summed E-state index contributed by atoms with van der Waals surface area (Å²) in [7, 11) is 3.65. The Morgan fingerprint density at radius 2 is 1.90 bits per heavy atom. The quantitative estimate of drug-likeness (QED) is 0.376. The van der Waals surface area contributed by atoms with Crippen LogP contribution in [-0.2, 0) is 19.3 Å². The molecule has 1 fully saturated rings. The highest BCUT2D eigenvalue weighted by Gasteiger charge is 2.34. The zero-order valence-electron chi connectivity index (χ0n) is 21.8. The van der Waals surface area contributed by atoms with Gasteiger partial charge in [0.1, 0.15) is 0 Å². The third kappa shape index (κ3) is 7.50. The van der Waals surface area contributed by atoms with Gasteiger partial charge in [-0.1, -0.05) is 36.3 Å². The number of aromatic nitrogens is 1. The number of piperazine rings is 1. The molecule has 10 heteroatoms. The monoisotopic (exact) mass is 537 g/mol. The SMILES string of the molecule is CNc1ccc(CN2CCN(C)CC2)c(C(F)(F)F)c1.O=Cc1cnc(C#CC2=CNCc3ccccc32)o1. The number of nitrogens with one attached hydrogen (secondary N) is 2. The molecule has 0 bridgehead atoms. The average Bonchev–Trinajstić information content (AvgIpc) is 3.41. The lowest BCUT2D eigenvalue weighted by Gasteiger charge is -2.33. The number of oxazole rings is 1. The summed E-state index contributed by atoms with van der Waals surface area (Å²) in [5.41, 5.74) is 3.49. The molecule has 0 saturated carbocycles. The van der Waals surface area contributed by atoms with Crippen molar-refractivity contribution in [3.8, 4) is 11.8 Å². The van der Waals surface area contributed by atoms with E-state index in [1.807, 2.05) is 31.4 Å². The largest absolute Gasteiger partial charge is 0.427 e. The van der Waals surface area contributed by atoms with Crippen molar-refractivity contribution in [3.05, 3.63) is 88.8 Å². The van der Waals surface area contributed by atoms with Gasteiger partial charge in [0.05, 0.1) is 11.8 Å². The Morgan fingerprint density at radius 1 is 1.13 bits per heavy atom. The van der Waals surface area contributed by atoms with Gasteiger partial charge >= 0.3 is 6.18 Å². The maximum Gasteiger partial charge on any atom is 0.416 e. The highest BCUT2D eigenvalue weighted by Crippen LogP contribution is 2.34. The molecule has 0 unspecified atom stereocenters. The second kappa shape index (κ2) is 12.7. The molecule has 2 aliphatic heterocycles. The van der Waals surface area contributed by atoms with Gasteiger partial charge in [-0.2, -0.15) is 13.2 Å². The number of carbonyl (C=O) groups is 1. The van der Waals surface area contributed by atoms with Gasteiger partial charge in [0, 0.05) is 63.8 Å². The Hall–Kier alpha value is -4.07. The molecule has 2 aromatic carbocycles. The summed E-state index contributed by atoms with van der Waals surface area (Å²) in [6.07, 6.45) is -0.471. The number of hydrogen-bond acceptors (Lipinski definition) is 7. The summed E-state index contributed by atoms with van der Waals surface area (Å²) in [6.45, 7) is 4.57. The molecule has 0 atom stereocenters. The number of likely N-dealkylation sites (N-methyl/N-ethyl adjacent to an activating group) is 1. The molecule has 1 aromatic heterocycles. The first-order valence-corrected chi connectivity index (χ1v) is 12.5. The molecule has 1 saturated heterocycles. The number of nitrogens with zero attached hydrogens (tertiary/aromatic N) is 3. The lowest BCUT2D eigenvalue weighted by atomic mass is 9.98. The average molecular weight is 538 g/mol. The molecule has 0 amide bonds. The molecule has 0 radical (unpaired) electrons. The van der Waals surface area contributed by atoms with E-state index in [-0.39, 0.29) is 11.7 Å². The first-order chi connectivity index (χ1) is 18.8. The third-order valence-corrected chi connectivity index (χ3v) is 6.48. The summed E-state index contributed by atoms with van der Waals surface area (Å²) < 4.78 is 44.5. The predicted octanol–water partition coefficient (Wildman–Crippen LogP) is 4.48. The normalized spacial score (nSPS) is 15.5. The van der Waals surface area contributed by atoms with Crippen molar-refractivity contribution in [2.45, 2.75) is 19.3 Å². The van der Waals surface area contributed by atoms with Crippen LogP contribution in [0.15, 0.2) is 59.3 Å². The number of aldehydes is 1. The summed E-state index contributed by atoms with van der Waals surface area (Å²) in [5.74, 6) is 6.25. The van der Waals surface area contributed by atoms with Crippen LogP contribution in [0.5, 0.6) is 0 Å². The minimum absolute atomic E-state index is 0.181. The fourth-order valence-corrected chi connectivity index (χ4v) is 4.28. The molecule has 0 spiro atoms. The van der Waals surface area contributed by atoms with Crippen molar-refractivity contribution in [1.82, 2.24) is 20.1 Å². The number of allylic oxidation sites excluding steroid dienone is 1. The summed E-state index contributed by atoms with van der Waals surface area (Å²) in [5, 5.41) is 5.93. The van der Waals surface area contributed by atoms with Crippen molar-refractivity contribution in [3.63, 3.8) is 0 Å². The van der Waals surface area contributed by atoms with Crippen LogP contribution in [-0.4, -0.2) is 61.3 Å². The fraction of sp³-hybridized carbons (Fsp3) is 0.310. The van der Waals surface area contributed by atoms with E-state index in [0.29, 0.717) is 24.1 Å². The highest BCUT2D eigenvalue weighted by molar-refractivity contribution is 5.81. The van der Waals surface area contributed by atoms with Gasteiger partial charge in [-0.05, 0) is 41.8 Å². The van der Waals surface area contributed by atoms with Crippen molar-refractivity contribution >= 4 is 17.5 Å². The Labute approximate surface area is 225 Å². The zero-order chi connectivity index (χ0) is 27.8. The molecule has 3 heterocycles. The van der Waals surface area contributed by atoms with Gasteiger partial charge < -0.3 is 20.0 Å². The van der Waals surface area contributed by atoms with E-state index >= 15 is 0 Å². The topological polar surface area (TPSA) is 73.6 Å². The first-order valence-electron chi connectivity index (χ1n) is 12.5. The number of rotatable bonds is 4. The zero-order valence-corrected chi connectivity index (χ0v) is 21.8. The highest BCUT2D eigenvalue weighted by atomic mass is 19.4. The molecule has 5 rings (SSSR count). The molecule has 3 aromatic rings. The summed E-state index contributed by atoms with van der Waals surface area (Å²) in [4.78, 5) is 18.7. The minimum Gasteiger partial charge on any atom is -0.427 e. The van der Waals surface area contributed by atoms with Crippen LogP contribution < -0.4 is 10.6 Å². The van der Waals surface area contributed by atoms with Gasteiger partial charge in [-0.25, -0.2) is 4.98 Å². The molecular formula is C29H30F3N5O2. The molecule has 2 N–H and O–H groups in total. The molecular weight excluding hydrogens is 507 g/mol. The third-order valence-electron chi connectivity index (χ3n) is 6.48. The first kappa shape index (κ1) is 28.0. The van der Waals surface area contributed by atoms with Crippen LogP contribution in [0, 0.1) is 11.8 Å². The predicted molar refractivity (Wildman–Crippen MR) is 144 cm³/mol. The van der Waals surface area contributed by atoms with Crippen LogP contribution in [0.25, 0.3) is 5.57 Å². The van der Waals surface area contributed by atoms with E-state index in [9.17, 15) is 18.0 Å². The fourth-order valence-electron chi connectivity index (χ4n) is 4.28. The molecule has 204 valence electrons. The Balaban J connectivity index is 0.000000181. The van der Waals surface area contributed by atoms with E-state index in [1.165, 1.54) is 17.8 Å². The van der Waals surface area contributed by atoms with Crippen molar-refractivity contribution in [1.29, 1.82) is 0 Å². The number of halogens is 3. The number of carbonyl (C=O) groups excluding carboxylic acids is 1. The maximum atomic E-state index is 13.1. The Kier molecular flexibility index (Phi) is 9.07. The number of benzene rings is 2. The van der Waals surface area contributed by atoms with Gasteiger partial charge in [0.15, 0.2) is 12.0 Å². The summed E-state index contributed by atoms with van der Waals surface area (Å²) in [6, 6.07) is 12.5. The number of fused-ring (bicyclic) bond motifs is 1. The van der Waals surface area contributed by atoms with E-state index in [0.717, 1.165) is 43.9 Å². The molecule has 0 aliphatic carbocycles. The maximum absolute atomic E-state index is 13.1. The second-order valence-electron chi connectivity index (χ2n) is 9.23. The van der Waals surface area contributed by atoms with E-state index in [1.54, 1.807) is 19.2 Å².